The molecule has 0 bridgehead atoms. The Kier molecular flexibility index (Phi) is 6.68. The van der Waals surface area contributed by atoms with Crippen LogP contribution in [0.1, 0.15) is 15.9 Å². The first-order valence-corrected chi connectivity index (χ1v) is 10.7. The molecule has 0 radical (unpaired) electrons. The normalized spacial score (nSPS) is 11.0. The van der Waals surface area contributed by atoms with E-state index in [1.807, 2.05) is 31.2 Å². The lowest BCUT2D eigenvalue weighted by molar-refractivity contribution is 0.0946. The lowest BCUT2D eigenvalue weighted by atomic mass is 10.2. The molecule has 0 fully saturated rings. The second kappa shape index (κ2) is 9.41. The average Bonchev–Trinajstić information content (AvgIpc) is 2.73. The standard InChI is InChI=1S/C22H21FN2O4S/c1-16-6-4-8-18(14-16)29-13-12-24-22(26)17-7-5-9-19(15-17)30(27,28)25-21-11-3-2-10-20(21)23/h2-11,14-15,25H,12-13H2,1H3,(H,24,26). The minimum atomic E-state index is -4.05. The quantitative estimate of drug-likeness (QED) is 0.536. The number of aryl methyl sites for hydroxylation is 1. The van der Waals surface area contributed by atoms with Crippen molar-refractivity contribution in [2.75, 3.05) is 17.9 Å². The van der Waals surface area contributed by atoms with Crippen molar-refractivity contribution in [3.05, 3.63) is 89.7 Å². The van der Waals surface area contributed by atoms with Crippen LogP contribution < -0.4 is 14.8 Å². The van der Waals surface area contributed by atoms with E-state index in [0.29, 0.717) is 5.75 Å². The lowest BCUT2D eigenvalue weighted by Crippen LogP contribution is -2.28. The zero-order valence-corrected chi connectivity index (χ0v) is 17.1. The third-order valence-corrected chi connectivity index (χ3v) is 5.53. The molecule has 0 heterocycles. The van der Waals surface area contributed by atoms with Gasteiger partial charge < -0.3 is 10.1 Å². The number of hydrogen-bond donors (Lipinski definition) is 2. The maximum atomic E-state index is 13.8. The van der Waals surface area contributed by atoms with Crippen LogP contribution in [-0.4, -0.2) is 27.5 Å². The Balaban J connectivity index is 1.61. The molecule has 156 valence electrons. The van der Waals surface area contributed by atoms with Crippen LogP contribution in [0.15, 0.2) is 77.7 Å². The number of carbonyl (C=O) groups excluding carboxylic acids is 1. The number of carbonyl (C=O) groups is 1. The Bertz CT molecular complexity index is 1150. The Labute approximate surface area is 174 Å². The highest BCUT2D eigenvalue weighted by atomic mass is 32.2. The summed E-state index contributed by atoms with van der Waals surface area (Å²) in [6.07, 6.45) is 0. The number of benzene rings is 3. The number of anilines is 1. The molecule has 3 aromatic carbocycles. The van der Waals surface area contributed by atoms with Crippen molar-refractivity contribution in [1.29, 1.82) is 0 Å². The first-order valence-electron chi connectivity index (χ1n) is 9.20. The second-order valence-corrected chi connectivity index (χ2v) is 8.22. The van der Waals surface area contributed by atoms with E-state index < -0.39 is 21.7 Å². The molecule has 3 rings (SSSR count). The minimum absolute atomic E-state index is 0.144. The fourth-order valence-corrected chi connectivity index (χ4v) is 3.81. The molecule has 0 aliphatic rings. The molecule has 0 aliphatic carbocycles. The molecule has 0 saturated heterocycles. The smallest absolute Gasteiger partial charge is 0.262 e. The SMILES string of the molecule is Cc1cccc(OCCNC(=O)c2cccc(S(=O)(=O)Nc3ccccc3F)c2)c1. The average molecular weight is 428 g/mol. The first kappa shape index (κ1) is 21.3. The predicted octanol–water partition coefficient (Wildman–Crippen LogP) is 3.74. The van der Waals surface area contributed by atoms with Gasteiger partial charge in [-0.05, 0) is 55.0 Å². The number of hydrogen-bond acceptors (Lipinski definition) is 4. The number of para-hydroxylation sites is 1. The number of ether oxygens (including phenoxy) is 1. The van der Waals surface area contributed by atoms with Gasteiger partial charge in [0.05, 0.1) is 17.1 Å². The molecular formula is C22H21FN2O4S. The van der Waals surface area contributed by atoms with Crippen LogP contribution in [0.5, 0.6) is 5.75 Å². The summed E-state index contributed by atoms with van der Waals surface area (Å²) in [6, 6.07) is 18.5. The molecular weight excluding hydrogens is 407 g/mol. The number of nitrogens with one attached hydrogen (secondary N) is 2. The molecule has 2 N–H and O–H groups in total. The van der Waals surface area contributed by atoms with Crippen LogP contribution in [0.4, 0.5) is 10.1 Å². The Morgan fingerprint density at radius 3 is 2.53 bits per heavy atom. The van der Waals surface area contributed by atoms with Crippen molar-refractivity contribution in [2.45, 2.75) is 11.8 Å². The van der Waals surface area contributed by atoms with E-state index in [1.54, 1.807) is 0 Å². The topological polar surface area (TPSA) is 84.5 Å². The summed E-state index contributed by atoms with van der Waals surface area (Å²) >= 11 is 0. The van der Waals surface area contributed by atoms with Gasteiger partial charge in [0, 0.05) is 5.56 Å². The number of rotatable bonds is 8. The van der Waals surface area contributed by atoms with Crippen LogP contribution in [0.3, 0.4) is 0 Å². The summed E-state index contributed by atoms with van der Waals surface area (Å²) in [4.78, 5) is 12.2. The lowest BCUT2D eigenvalue weighted by Gasteiger charge is -2.11. The van der Waals surface area contributed by atoms with Gasteiger partial charge in [-0.2, -0.15) is 0 Å². The van der Waals surface area contributed by atoms with E-state index in [1.165, 1.54) is 42.5 Å². The van der Waals surface area contributed by atoms with Gasteiger partial charge in [0.2, 0.25) is 0 Å². The molecule has 0 unspecified atom stereocenters. The zero-order valence-electron chi connectivity index (χ0n) is 16.3. The van der Waals surface area contributed by atoms with Crippen LogP contribution >= 0.6 is 0 Å². The maximum absolute atomic E-state index is 13.8. The Morgan fingerprint density at radius 1 is 1.00 bits per heavy atom. The summed E-state index contributed by atoms with van der Waals surface area (Å²) in [7, 11) is -4.05. The largest absolute Gasteiger partial charge is 0.492 e. The fourth-order valence-electron chi connectivity index (χ4n) is 2.69. The van der Waals surface area contributed by atoms with E-state index in [-0.39, 0.29) is 29.3 Å². The van der Waals surface area contributed by atoms with Gasteiger partial charge in [0.1, 0.15) is 18.2 Å². The van der Waals surface area contributed by atoms with Crippen molar-refractivity contribution in [1.82, 2.24) is 5.32 Å². The van der Waals surface area contributed by atoms with Gasteiger partial charge in [0.15, 0.2) is 0 Å². The van der Waals surface area contributed by atoms with Gasteiger partial charge in [0.25, 0.3) is 15.9 Å². The number of halogens is 1. The van der Waals surface area contributed by atoms with E-state index in [2.05, 4.69) is 10.0 Å². The molecule has 3 aromatic rings. The van der Waals surface area contributed by atoms with Gasteiger partial charge >= 0.3 is 0 Å². The molecule has 0 aliphatic heterocycles. The first-order chi connectivity index (χ1) is 14.3. The van der Waals surface area contributed by atoms with Crippen molar-refractivity contribution < 1.29 is 22.3 Å². The Morgan fingerprint density at radius 2 is 1.77 bits per heavy atom. The fraction of sp³-hybridized carbons (Fsp3) is 0.136. The third-order valence-electron chi connectivity index (χ3n) is 4.17. The van der Waals surface area contributed by atoms with E-state index >= 15 is 0 Å². The van der Waals surface area contributed by atoms with Crippen molar-refractivity contribution in [3.8, 4) is 5.75 Å². The summed E-state index contributed by atoms with van der Waals surface area (Å²) in [5.41, 5.74) is 1.07. The van der Waals surface area contributed by atoms with Gasteiger partial charge in [-0.1, -0.05) is 30.3 Å². The Hall–Kier alpha value is -3.39. The maximum Gasteiger partial charge on any atom is 0.262 e. The summed E-state index contributed by atoms with van der Waals surface area (Å²) in [5.74, 6) is -0.425. The van der Waals surface area contributed by atoms with Crippen LogP contribution in [0.25, 0.3) is 0 Å². The molecule has 6 nitrogen and oxygen atoms in total. The van der Waals surface area contributed by atoms with Crippen LogP contribution in [0.2, 0.25) is 0 Å². The highest BCUT2D eigenvalue weighted by Gasteiger charge is 2.18. The van der Waals surface area contributed by atoms with Crippen LogP contribution in [-0.2, 0) is 10.0 Å². The van der Waals surface area contributed by atoms with Crippen molar-refractivity contribution in [2.24, 2.45) is 0 Å². The molecule has 0 aromatic heterocycles. The molecule has 0 atom stereocenters. The molecule has 1 amide bonds. The van der Waals surface area contributed by atoms with Crippen molar-refractivity contribution >= 4 is 21.6 Å². The van der Waals surface area contributed by atoms with E-state index in [9.17, 15) is 17.6 Å². The van der Waals surface area contributed by atoms with Gasteiger partial charge in [-0.3, -0.25) is 9.52 Å². The highest BCUT2D eigenvalue weighted by Crippen LogP contribution is 2.19. The molecule has 30 heavy (non-hydrogen) atoms. The predicted molar refractivity (Wildman–Crippen MR) is 113 cm³/mol. The van der Waals surface area contributed by atoms with E-state index in [0.717, 1.165) is 11.6 Å². The molecule has 0 saturated carbocycles. The molecule has 8 heteroatoms. The van der Waals surface area contributed by atoms with E-state index in [4.69, 9.17) is 4.74 Å². The highest BCUT2D eigenvalue weighted by molar-refractivity contribution is 7.92. The second-order valence-electron chi connectivity index (χ2n) is 6.53. The monoisotopic (exact) mass is 428 g/mol. The van der Waals surface area contributed by atoms with Crippen molar-refractivity contribution in [3.63, 3.8) is 0 Å². The number of amides is 1. The molecule has 0 spiro atoms. The van der Waals surface area contributed by atoms with Gasteiger partial charge in [-0.25, -0.2) is 12.8 Å². The van der Waals surface area contributed by atoms with Crippen LogP contribution in [0, 0.1) is 12.7 Å². The number of sulfonamides is 1. The van der Waals surface area contributed by atoms with Gasteiger partial charge in [-0.15, -0.1) is 0 Å². The zero-order chi connectivity index (χ0) is 21.6. The third kappa shape index (κ3) is 5.57. The summed E-state index contributed by atoms with van der Waals surface area (Å²) in [5, 5.41) is 2.68. The summed E-state index contributed by atoms with van der Waals surface area (Å²) in [6.45, 7) is 2.47. The summed E-state index contributed by atoms with van der Waals surface area (Å²) < 4.78 is 46.6. The minimum Gasteiger partial charge on any atom is -0.492 e.